The van der Waals surface area contributed by atoms with Gasteiger partial charge in [0, 0.05) is 12.5 Å². The maximum atomic E-state index is 10.3. The predicted octanol–water partition coefficient (Wildman–Crippen LogP) is 0.185. The van der Waals surface area contributed by atoms with E-state index in [-0.39, 0.29) is 0 Å². The van der Waals surface area contributed by atoms with Crippen molar-refractivity contribution in [3.05, 3.63) is 0 Å². The van der Waals surface area contributed by atoms with E-state index < -0.39 is 0 Å². The molecule has 2 heteroatoms. The molecular formula is C7H11NO. The van der Waals surface area contributed by atoms with Crippen molar-refractivity contribution in [2.75, 3.05) is 13.1 Å². The Morgan fingerprint density at radius 1 is 1.67 bits per heavy atom. The van der Waals surface area contributed by atoms with E-state index >= 15 is 0 Å². The average Bonchev–Trinajstić information content (AvgIpc) is 2.30. The van der Waals surface area contributed by atoms with Crippen molar-refractivity contribution in [1.29, 1.82) is 0 Å². The van der Waals surface area contributed by atoms with Crippen molar-refractivity contribution < 1.29 is 4.79 Å². The second-order valence-corrected chi connectivity index (χ2v) is 3.24. The van der Waals surface area contributed by atoms with Crippen LogP contribution < -0.4 is 5.32 Å². The molecule has 0 radical (unpaired) electrons. The molecule has 2 unspecified atom stereocenters. The number of aldehydes is 1. The van der Waals surface area contributed by atoms with Gasteiger partial charge < -0.3 is 10.1 Å². The van der Waals surface area contributed by atoms with Gasteiger partial charge in [-0.25, -0.2) is 0 Å². The molecular weight excluding hydrogens is 114 g/mol. The lowest BCUT2D eigenvalue weighted by Crippen LogP contribution is -2.11. The van der Waals surface area contributed by atoms with Crippen molar-refractivity contribution in [1.82, 2.24) is 5.32 Å². The Labute approximate surface area is 54.6 Å². The molecule has 2 nitrogen and oxygen atoms in total. The monoisotopic (exact) mass is 125 g/mol. The van der Waals surface area contributed by atoms with Gasteiger partial charge >= 0.3 is 0 Å². The summed E-state index contributed by atoms with van der Waals surface area (Å²) in [5.74, 6) is 0.396. The van der Waals surface area contributed by atoms with Crippen molar-refractivity contribution in [2.24, 2.45) is 11.3 Å². The predicted molar refractivity (Wildman–Crippen MR) is 34.1 cm³/mol. The molecule has 1 saturated heterocycles. The summed E-state index contributed by atoms with van der Waals surface area (Å²) in [5, 5.41) is 3.28. The van der Waals surface area contributed by atoms with E-state index in [1.54, 1.807) is 0 Å². The molecule has 1 spiro atoms. The van der Waals surface area contributed by atoms with Crippen LogP contribution in [0.4, 0.5) is 0 Å². The lowest BCUT2D eigenvalue weighted by Gasteiger charge is -2.00. The first-order valence-electron chi connectivity index (χ1n) is 3.53. The van der Waals surface area contributed by atoms with Crippen LogP contribution in [0.2, 0.25) is 0 Å². The van der Waals surface area contributed by atoms with E-state index in [9.17, 15) is 4.79 Å². The van der Waals surface area contributed by atoms with Crippen LogP contribution in [0.1, 0.15) is 12.8 Å². The number of hydrogen-bond donors (Lipinski definition) is 1. The van der Waals surface area contributed by atoms with Gasteiger partial charge in [0.15, 0.2) is 0 Å². The van der Waals surface area contributed by atoms with Crippen molar-refractivity contribution in [3.8, 4) is 0 Å². The summed E-state index contributed by atoms with van der Waals surface area (Å²) in [6.45, 7) is 2.20. The molecule has 1 aliphatic carbocycles. The number of hydrogen-bond acceptors (Lipinski definition) is 2. The Morgan fingerprint density at radius 2 is 2.56 bits per heavy atom. The molecule has 1 N–H and O–H groups in total. The molecule has 1 aliphatic heterocycles. The summed E-state index contributed by atoms with van der Waals surface area (Å²) in [7, 11) is 0. The number of rotatable bonds is 1. The minimum atomic E-state index is 0.396. The van der Waals surface area contributed by atoms with Crippen molar-refractivity contribution in [2.45, 2.75) is 12.8 Å². The first-order valence-corrected chi connectivity index (χ1v) is 3.53. The topological polar surface area (TPSA) is 29.1 Å². The molecule has 50 valence electrons. The highest BCUT2D eigenvalue weighted by molar-refractivity contribution is 5.60. The zero-order valence-electron chi connectivity index (χ0n) is 5.39. The highest BCUT2D eigenvalue weighted by atomic mass is 16.1. The minimum Gasteiger partial charge on any atom is -0.316 e. The van der Waals surface area contributed by atoms with Crippen LogP contribution in [0.15, 0.2) is 0 Å². The lowest BCUT2D eigenvalue weighted by atomic mass is 10.0. The van der Waals surface area contributed by atoms with Gasteiger partial charge in [-0.15, -0.1) is 0 Å². The smallest absolute Gasteiger partial charge is 0.123 e. The summed E-state index contributed by atoms with van der Waals surface area (Å²) < 4.78 is 0. The molecule has 2 rings (SSSR count). The van der Waals surface area contributed by atoms with E-state index in [1.165, 1.54) is 6.42 Å². The summed E-state index contributed by atoms with van der Waals surface area (Å²) >= 11 is 0. The number of carbonyl (C=O) groups excluding carboxylic acids is 1. The molecule has 0 aromatic carbocycles. The van der Waals surface area contributed by atoms with Crippen LogP contribution in [0, 0.1) is 11.3 Å². The largest absolute Gasteiger partial charge is 0.316 e. The van der Waals surface area contributed by atoms with E-state index in [2.05, 4.69) is 5.32 Å². The van der Waals surface area contributed by atoms with Gasteiger partial charge in [0.05, 0.1) is 0 Å². The Balaban J connectivity index is 2.04. The molecule has 2 fully saturated rings. The van der Waals surface area contributed by atoms with Crippen LogP contribution >= 0.6 is 0 Å². The molecule has 1 heterocycles. The number of nitrogens with one attached hydrogen (secondary N) is 1. The second kappa shape index (κ2) is 1.57. The van der Waals surface area contributed by atoms with E-state index in [0.29, 0.717) is 11.3 Å². The molecule has 9 heavy (non-hydrogen) atoms. The Morgan fingerprint density at radius 3 is 3.00 bits per heavy atom. The fourth-order valence-corrected chi connectivity index (χ4v) is 1.83. The van der Waals surface area contributed by atoms with Gasteiger partial charge in [-0.05, 0) is 24.8 Å². The van der Waals surface area contributed by atoms with Gasteiger partial charge in [-0.3, -0.25) is 0 Å². The standard InChI is InChI=1S/C7H11NO/c9-4-6-3-7(6)1-2-8-5-7/h4,6,8H,1-3,5H2. The summed E-state index contributed by atoms with van der Waals surface area (Å²) in [6, 6.07) is 0. The Kier molecular flexibility index (Phi) is 0.943. The van der Waals surface area contributed by atoms with Gasteiger partial charge in [-0.2, -0.15) is 0 Å². The third-order valence-electron chi connectivity index (χ3n) is 2.69. The third kappa shape index (κ3) is 0.628. The first kappa shape index (κ1) is 5.42. The van der Waals surface area contributed by atoms with Crippen LogP contribution in [0.25, 0.3) is 0 Å². The lowest BCUT2D eigenvalue weighted by molar-refractivity contribution is -0.109. The first-order chi connectivity index (χ1) is 4.37. The van der Waals surface area contributed by atoms with Crippen molar-refractivity contribution in [3.63, 3.8) is 0 Å². The van der Waals surface area contributed by atoms with Gasteiger partial charge in [0.25, 0.3) is 0 Å². The quantitative estimate of drug-likeness (QED) is 0.507. The summed E-state index contributed by atoms with van der Waals surface area (Å²) in [6.07, 6.45) is 3.48. The van der Waals surface area contributed by atoms with E-state index in [1.807, 2.05) is 0 Å². The fourth-order valence-electron chi connectivity index (χ4n) is 1.83. The Bertz CT molecular complexity index is 138. The van der Waals surface area contributed by atoms with Gasteiger partial charge in [0.2, 0.25) is 0 Å². The molecule has 2 aliphatic rings. The SMILES string of the molecule is O=CC1CC12CCNC2. The molecule has 0 bridgehead atoms. The molecule has 0 aromatic rings. The highest BCUT2D eigenvalue weighted by Crippen LogP contribution is 2.55. The molecule has 0 amide bonds. The Hall–Kier alpha value is -0.370. The average molecular weight is 125 g/mol. The summed E-state index contributed by atoms with van der Waals surface area (Å²) in [5.41, 5.74) is 0.432. The van der Waals surface area contributed by atoms with Crippen LogP contribution in [-0.4, -0.2) is 19.4 Å². The van der Waals surface area contributed by atoms with Crippen molar-refractivity contribution >= 4 is 6.29 Å². The van der Waals surface area contributed by atoms with Gasteiger partial charge in [-0.1, -0.05) is 0 Å². The third-order valence-corrected chi connectivity index (χ3v) is 2.69. The van der Waals surface area contributed by atoms with Gasteiger partial charge in [0.1, 0.15) is 6.29 Å². The zero-order valence-corrected chi connectivity index (χ0v) is 5.39. The maximum absolute atomic E-state index is 10.3. The fraction of sp³-hybridized carbons (Fsp3) is 0.857. The second-order valence-electron chi connectivity index (χ2n) is 3.24. The minimum absolute atomic E-state index is 0.396. The van der Waals surface area contributed by atoms with Crippen LogP contribution in [0.5, 0.6) is 0 Å². The molecule has 1 saturated carbocycles. The summed E-state index contributed by atoms with van der Waals surface area (Å²) in [4.78, 5) is 10.3. The normalized spacial score (nSPS) is 47.8. The number of carbonyl (C=O) groups is 1. The van der Waals surface area contributed by atoms with E-state index in [0.717, 1.165) is 25.8 Å². The maximum Gasteiger partial charge on any atom is 0.123 e. The molecule has 2 atom stereocenters. The highest BCUT2D eigenvalue weighted by Gasteiger charge is 2.55. The molecule has 0 aromatic heterocycles. The van der Waals surface area contributed by atoms with Crippen LogP contribution in [-0.2, 0) is 4.79 Å². The van der Waals surface area contributed by atoms with Crippen LogP contribution in [0.3, 0.4) is 0 Å². The van der Waals surface area contributed by atoms with E-state index in [4.69, 9.17) is 0 Å². The zero-order chi connectivity index (χ0) is 6.32.